The Hall–Kier alpha value is -0.680. The monoisotopic (exact) mass is 145 g/mol. The molecule has 0 saturated carbocycles. The van der Waals surface area contributed by atoms with Gasteiger partial charge >= 0.3 is 0 Å². The zero-order valence-electron chi connectivity index (χ0n) is 4.76. The maximum atomic E-state index is 5.12. The minimum Gasteiger partial charge on any atom is -0.374 e. The van der Waals surface area contributed by atoms with Crippen molar-refractivity contribution in [3.05, 3.63) is 0 Å². The molecule has 0 aromatic rings. The predicted molar refractivity (Wildman–Crippen MR) is 37.9 cm³/mol. The van der Waals surface area contributed by atoms with E-state index >= 15 is 0 Å². The van der Waals surface area contributed by atoms with Crippen LogP contribution in [0.15, 0.2) is 4.99 Å². The second kappa shape index (κ2) is 2.75. The molecule has 1 saturated heterocycles. The van der Waals surface area contributed by atoms with Crippen molar-refractivity contribution in [2.45, 2.75) is 6.42 Å². The largest absolute Gasteiger partial charge is 0.374 e. The zero-order chi connectivity index (χ0) is 6.69. The van der Waals surface area contributed by atoms with Gasteiger partial charge in [-0.2, -0.15) is 0 Å². The topological polar surface area (TPSA) is 59.6 Å². The molecule has 0 spiro atoms. The molecule has 1 rings (SSSR count). The smallest absolute Gasteiger partial charge is 0.191 e. The van der Waals surface area contributed by atoms with Gasteiger partial charge in [0.15, 0.2) is 5.11 Å². The lowest BCUT2D eigenvalue weighted by atomic mass is 10.4. The molecule has 1 aliphatic rings. The Labute approximate surface area is 58.0 Å². The van der Waals surface area contributed by atoms with E-state index in [2.05, 4.69) is 22.7 Å². The van der Waals surface area contributed by atoms with Crippen molar-refractivity contribution in [2.75, 3.05) is 6.61 Å². The number of nitrogens with two attached hydrogens (primary N) is 1. The van der Waals surface area contributed by atoms with E-state index in [-0.39, 0.29) is 5.11 Å². The number of thiocarbonyl (C=S) groups is 1. The summed E-state index contributed by atoms with van der Waals surface area (Å²) in [5, 5.41) is 0.142. The molecule has 4 nitrogen and oxygen atoms in total. The first-order chi connectivity index (χ1) is 4.29. The number of nitrogens with one attached hydrogen (secondary N) is 1. The fourth-order valence-corrected chi connectivity index (χ4v) is 0.655. The third-order valence-corrected chi connectivity index (χ3v) is 0.967. The van der Waals surface area contributed by atoms with Gasteiger partial charge in [0.05, 0.1) is 6.61 Å². The molecule has 0 bridgehead atoms. The van der Waals surface area contributed by atoms with Crippen molar-refractivity contribution in [1.82, 2.24) is 5.48 Å². The molecule has 50 valence electrons. The van der Waals surface area contributed by atoms with Gasteiger partial charge in [-0.3, -0.25) is 10.3 Å². The molecular formula is C4H7N3OS. The molecule has 0 unspecified atom stereocenters. The lowest BCUT2D eigenvalue weighted by molar-refractivity contribution is 0.122. The van der Waals surface area contributed by atoms with Gasteiger partial charge in [0.1, 0.15) is 5.84 Å². The maximum absolute atomic E-state index is 5.12. The fourth-order valence-electron chi connectivity index (χ4n) is 0.545. The van der Waals surface area contributed by atoms with Crippen LogP contribution >= 0.6 is 12.2 Å². The second-order valence-corrected chi connectivity index (χ2v) is 2.02. The highest BCUT2D eigenvalue weighted by Crippen LogP contribution is 1.92. The van der Waals surface area contributed by atoms with Crippen molar-refractivity contribution < 1.29 is 4.84 Å². The van der Waals surface area contributed by atoms with Crippen molar-refractivity contribution in [2.24, 2.45) is 10.7 Å². The van der Waals surface area contributed by atoms with Gasteiger partial charge in [0.25, 0.3) is 0 Å². The molecule has 5 heteroatoms. The Kier molecular flexibility index (Phi) is 1.96. The van der Waals surface area contributed by atoms with Gasteiger partial charge in [-0.05, 0) is 12.2 Å². The summed E-state index contributed by atoms with van der Waals surface area (Å²) in [4.78, 5) is 8.53. The van der Waals surface area contributed by atoms with Crippen LogP contribution in [-0.2, 0) is 4.84 Å². The Morgan fingerprint density at radius 1 is 1.89 bits per heavy atom. The van der Waals surface area contributed by atoms with Crippen LogP contribution in [0.5, 0.6) is 0 Å². The lowest BCUT2D eigenvalue weighted by Crippen LogP contribution is -2.17. The third-order valence-electron chi connectivity index (χ3n) is 0.876. The van der Waals surface area contributed by atoms with Crippen LogP contribution < -0.4 is 11.2 Å². The molecule has 0 aromatic heterocycles. The van der Waals surface area contributed by atoms with Gasteiger partial charge in [-0.25, -0.2) is 4.99 Å². The van der Waals surface area contributed by atoms with Crippen molar-refractivity contribution in [1.29, 1.82) is 0 Å². The molecule has 0 amide bonds. The second-order valence-electron chi connectivity index (χ2n) is 1.60. The summed E-state index contributed by atoms with van der Waals surface area (Å²) >= 11 is 4.53. The van der Waals surface area contributed by atoms with Gasteiger partial charge in [-0.15, -0.1) is 0 Å². The Morgan fingerprint density at radius 3 is 3.11 bits per heavy atom. The van der Waals surface area contributed by atoms with Gasteiger partial charge < -0.3 is 5.73 Å². The Balaban J connectivity index is 2.49. The summed E-state index contributed by atoms with van der Waals surface area (Å²) in [5.41, 5.74) is 7.69. The van der Waals surface area contributed by atoms with E-state index in [9.17, 15) is 0 Å². The number of hydrogen-bond acceptors (Lipinski definition) is 2. The SMILES string of the molecule is NC(=S)/N=C1/CCON1. The molecule has 0 aliphatic carbocycles. The molecule has 0 radical (unpaired) electrons. The minimum absolute atomic E-state index is 0.142. The Morgan fingerprint density at radius 2 is 2.67 bits per heavy atom. The molecule has 0 aromatic carbocycles. The number of nitrogens with zero attached hydrogens (tertiary/aromatic N) is 1. The van der Waals surface area contributed by atoms with Gasteiger partial charge in [-0.1, -0.05) is 0 Å². The first-order valence-corrected chi connectivity index (χ1v) is 2.94. The highest BCUT2D eigenvalue weighted by atomic mass is 32.1. The predicted octanol–water partition coefficient (Wildman–Crippen LogP) is -0.447. The van der Waals surface area contributed by atoms with E-state index in [1.165, 1.54) is 0 Å². The van der Waals surface area contributed by atoms with Crippen LogP contribution in [0.2, 0.25) is 0 Å². The van der Waals surface area contributed by atoms with Crippen LogP contribution in [0.25, 0.3) is 0 Å². The summed E-state index contributed by atoms with van der Waals surface area (Å²) in [6.45, 7) is 0.640. The molecule has 0 atom stereocenters. The van der Waals surface area contributed by atoms with E-state index in [4.69, 9.17) is 10.6 Å². The van der Waals surface area contributed by atoms with Gasteiger partial charge in [0, 0.05) is 6.42 Å². The van der Waals surface area contributed by atoms with E-state index in [0.717, 1.165) is 6.42 Å². The Bertz CT molecular complexity index is 148. The third kappa shape index (κ3) is 1.95. The van der Waals surface area contributed by atoms with Crippen LogP contribution in [0, 0.1) is 0 Å². The number of rotatable bonds is 0. The fraction of sp³-hybridized carbons (Fsp3) is 0.500. The normalized spacial score (nSPS) is 22.0. The molecule has 1 aliphatic heterocycles. The van der Waals surface area contributed by atoms with Crippen LogP contribution in [0.4, 0.5) is 0 Å². The molecule has 9 heavy (non-hydrogen) atoms. The minimum atomic E-state index is 0.142. The van der Waals surface area contributed by atoms with E-state index in [0.29, 0.717) is 12.4 Å². The van der Waals surface area contributed by atoms with Gasteiger partial charge in [0.2, 0.25) is 0 Å². The first-order valence-electron chi connectivity index (χ1n) is 2.54. The summed E-state index contributed by atoms with van der Waals surface area (Å²) in [7, 11) is 0. The molecular weight excluding hydrogens is 138 g/mol. The van der Waals surface area contributed by atoms with E-state index in [1.807, 2.05) is 0 Å². The number of hydroxylamine groups is 1. The highest BCUT2D eigenvalue weighted by molar-refractivity contribution is 7.80. The average molecular weight is 145 g/mol. The van der Waals surface area contributed by atoms with E-state index < -0.39 is 0 Å². The molecule has 3 N–H and O–H groups in total. The summed E-state index contributed by atoms with van der Waals surface area (Å²) in [5.74, 6) is 0.711. The number of hydrogen-bond donors (Lipinski definition) is 2. The number of aliphatic imine (C=N–C) groups is 1. The summed E-state index contributed by atoms with van der Waals surface area (Å²) < 4.78 is 0. The van der Waals surface area contributed by atoms with Crippen LogP contribution in [0.3, 0.4) is 0 Å². The summed E-state index contributed by atoms with van der Waals surface area (Å²) in [6.07, 6.45) is 0.761. The zero-order valence-corrected chi connectivity index (χ0v) is 5.57. The maximum Gasteiger partial charge on any atom is 0.191 e. The van der Waals surface area contributed by atoms with Crippen molar-refractivity contribution >= 4 is 23.2 Å². The van der Waals surface area contributed by atoms with Crippen molar-refractivity contribution in [3.63, 3.8) is 0 Å². The summed E-state index contributed by atoms with van der Waals surface area (Å²) in [6, 6.07) is 0. The number of amidine groups is 1. The average Bonchev–Trinajstić information content (AvgIpc) is 2.15. The van der Waals surface area contributed by atoms with Crippen LogP contribution in [0.1, 0.15) is 6.42 Å². The first kappa shape index (κ1) is 6.44. The van der Waals surface area contributed by atoms with Crippen LogP contribution in [-0.4, -0.2) is 17.6 Å². The van der Waals surface area contributed by atoms with E-state index in [1.54, 1.807) is 0 Å². The molecule has 1 fully saturated rings. The quantitative estimate of drug-likeness (QED) is 0.453. The standard InChI is InChI=1S/C4H7N3OS/c5-4(9)6-3-1-2-8-7-3/h1-2H2,(H3,5,6,7,9). The molecule has 1 heterocycles. The lowest BCUT2D eigenvalue weighted by Gasteiger charge is -1.91. The van der Waals surface area contributed by atoms with Crippen molar-refractivity contribution in [3.8, 4) is 0 Å². The highest BCUT2D eigenvalue weighted by Gasteiger charge is 2.06.